The summed E-state index contributed by atoms with van der Waals surface area (Å²) in [7, 11) is 12.3. The van der Waals surface area contributed by atoms with Gasteiger partial charge < -0.3 is 19.6 Å². The molecule has 6 aromatic carbocycles. The molecule has 0 aliphatic heterocycles. The Labute approximate surface area is 381 Å². The third-order valence-corrected chi connectivity index (χ3v) is 7.12. The summed E-state index contributed by atoms with van der Waals surface area (Å²) in [5.41, 5.74) is 7.32. The molecule has 4 nitrogen and oxygen atoms in total. The van der Waals surface area contributed by atoms with Crippen LogP contribution in [0, 0.1) is 0 Å². The van der Waals surface area contributed by atoms with Crippen molar-refractivity contribution in [1.82, 2.24) is 0 Å². The molecule has 0 fully saturated rings. The molecule has 0 bridgehead atoms. The number of rotatable bonds is 6. The van der Waals surface area contributed by atoms with Crippen molar-refractivity contribution in [2.45, 2.75) is 105 Å². The van der Waals surface area contributed by atoms with E-state index in [1.165, 1.54) is 34.1 Å². The topological polar surface area (TPSA) is 13.0 Å². The highest BCUT2D eigenvalue weighted by Crippen LogP contribution is 2.23. The summed E-state index contributed by atoms with van der Waals surface area (Å²) >= 11 is 0. The number of para-hydroxylation sites is 6. The summed E-state index contributed by atoms with van der Waals surface area (Å²) in [5.74, 6) is 0. The molecule has 0 atom stereocenters. The molecule has 0 amide bonds. The average molecular weight is 837 g/mol. The number of benzene rings is 6. The highest BCUT2D eigenvalue weighted by Gasteiger charge is 2.01. The Hall–Kier alpha value is -5.48. The second kappa shape index (κ2) is 52.5. The van der Waals surface area contributed by atoms with Gasteiger partial charge in [-0.05, 0) is 72.8 Å². The van der Waals surface area contributed by atoms with E-state index in [0.717, 1.165) is 0 Å². The van der Waals surface area contributed by atoms with Crippen molar-refractivity contribution in [1.29, 1.82) is 0 Å². The molecule has 0 aliphatic carbocycles. The van der Waals surface area contributed by atoms with Crippen LogP contribution in [0.4, 0.5) is 34.1 Å². The second-order valence-corrected chi connectivity index (χ2v) is 10.9. The van der Waals surface area contributed by atoms with Crippen LogP contribution in [0.5, 0.6) is 0 Å². The highest BCUT2D eigenvalue weighted by molar-refractivity contribution is 5.62. The van der Waals surface area contributed by atoms with Crippen LogP contribution in [-0.4, -0.2) is 42.3 Å². The summed E-state index contributed by atoms with van der Waals surface area (Å²) in [5, 5.41) is 0. The second-order valence-electron chi connectivity index (χ2n) is 10.9. The van der Waals surface area contributed by atoms with E-state index in [4.69, 9.17) is 0 Å². The predicted octanol–water partition coefficient (Wildman–Crippen LogP) is 18.5. The van der Waals surface area contributed by atoms with Crippen molar-refractivity contribution in [2.75, 3.05) is 61.9 Å². The van der Waals surface area contributed by atoms with E-state index in [9.17, 15) is 0 Å². The molecule has 0 aliphatic rings. The first-order valence-electron chi connectivity index (χ1n) is 21.5. The first kappa shape index (κ1) is 70.1. The molecule has 4 heteroatoms. The molecule has 6 aromatic rings. The van der Waals surface area contributed by atoms with E-state index >= 15 is 0 Å². The van der Waals surface area contributed by atoms with Crippen LogP contribution in [0.2, 0.25) is 0 Å². The molecule has 0 saturated carbocycles. The van der Waals surface area contributed by atoms with E-state index in [0.29, 0.717) is 0 Å². The van der Waals surface area contributed by atoms with Crippen molar-refractivity contribution >= 4 is 34.1 Å². The third-order valence-electron chi connectivity index (χ3n) is 7.12. The minimum absolute atomic E-state index is 0. The Morgan fingerprint density at radius 3 is 0.410 bits per heavy atom. The fourth-order valence-electron chi connectivity index (χ4n) is 4.36. The Kier molecular flexibility index (Phi) is 60.4. The van der Waals surface area contributed by atoms with Gasteiger partial charge >= 0.3 is 0 Å². The normalized spacial score (nSPS) is 7.77. The van der Waals surface area contributed by atoms with Gasteiger partial charge in [-0.15, -0.1) is 0 Å². The van der Waals surface area contributed by atoms with Crippen LogP contribution in [0.3, 0.4) is 0 Å². The fourth-order valence-corrected chi connectivity index (χ4v) is 4.36. The van der Waals surface area contributed by atoms with Crippen LogP contribution in [0.1, 0.15) is 105 Å². The maximum Gasteiger partial charge on any atom is 0.0408 e. The molecule has 6 rings (SSSR count). The molecule has 344 valence electrons. The average Bonchev–Trinajstić information content (AvgIpc) is 3.34. The quantitative estimate of drug-likeness (QED) is 0.166. The van der Waals surface area contributed by atoms with Crippen LogP contribution < -0.4 is 19.6 Å². The Morgan fingerprint density at radius 2 is 0.311 bits per heavy atom. The molecular formula is C57H96N4. The third kappa shape index (κ3) is 34.0. The number of nitrogens with zero attached hydrogens (tertiary/aromatic N) is 4. The van der Waals surface area contributed by atoms with Gasteiger partial charge in [0.25, 0.3) is 0 Å². The zero-order valence-electron chi connectivity index (χ0n) is 40.1. The first-order chi connectivity index (χ1) is 28.4. The lowest BCUT2D eigenvalue weighted by molar-refractivity contribution is 1.13. The van der Waals surface area contributed by atoms with Gasteiger partial charge in [-0.1, -0.05) is 215 Å². The van der Waals surface area contributed by atoms with E-state index < -0.39 is 0 Å². The van der Waals surface area contributed by atoms with Gasteiger partial charge in [0.1, 0.15) is 0 Å². The van der Waals surface area contributed by atoms with E-state index in [2.05, 4.69) is 155 Å². The summed E-state index contributed by atoms with van der Waals surface area (Å²) in [6.07, 6.45) is 0. The largest absolute Gasteiger partial charge is 0.378 e. The molecule has 0 aromatic heterocycles. The van der Waals surface area contributed by atoms with Crippen LogP contribution in [0.15, 0.2) is 182 Å². The Balaban J connectivity index is -0.000000117. The maximum atomic E-state index is 2.17. The van der Waals surface area contributed by atoms with Crippen LogP contribution in [-0.2, 0) is 0 Å². The Morgan fingerprint density at radius 1 is 0.197 bits per heavy atom. The van der Waals surface area contributed by atoms with Crippen molar-refractivity contribution < 1.29 is 0 Å². The van der Waals surface area contributed by atoms with Gasteiger partial charge in [0.05, 0.1) is 0 Å². The van der Waals surface area contributed by atoms with E-state index in [1.54, 1.807) is 0 Å². The highest BCUT2D eigenvalue weighted by atomic mass is 15.1. The molecular weight excluding hydrogens is 741 g/mol. The fraction of sp³-hybridized carbons (Fsp3) is 0.368. The minimum Gasteiger partial charge on any atom is -0.378 e. The number of anilines is 6. The first-order valence-corrected chi connectivity index (χ1v) is 21.5. The van der Waals surface area contributed by atoms with Gasteiger partial charge in [0, 0.05) is 76.4 Å². The molecule has 0 spiro atoms. The number of hydrogen-bond acceptors (Lipinski definition) is 4. The monoisotopic (exact) mass is 837 g/mol. The lowest BCUT2D eigenvalue weighted by Gasteiger charge is -2.18. The van der Waals surface area contributed by atoms with Gasteiger partial charge in [0.15, 0.2) is 0 Å². The van der Waals surface area contributed by atoms with Gasteiger partial charge in [-0.2, -0.15) is 0 Å². The molecule has 0 N–H and O–H groups in total. The predicted molar refractivity (Wildman–Crippen MR) is 292 cm³/mol. The van der Waals surface area contributed by atoms with Gasteiger partial charge in [-0.25, -0.2) is 0 Å². The molecule has 0 unspecified atom stereocenters. The SMILES string of the molecule is C.C.C.CC.CC.CC.CC.CC.CC.CN(C)c1ccccc1.CN(C)c1ccccc1.CN(c1ccccc1)c1ccccc1.CN(c1ccccc1)c1ccccc1. The summed E-state index contributed by atoms with van der Waals surface area (Å²) in [4.78, 5) is 8.50. The van der Waals surface area contributed by atoms with Crippen molar-refractivity contribution in [3.05, 3.63) is 182 Å². The van der Waals surface area contributed by atoms with Gasteiger partial charge in [-0.3, -0.25) is 0 Å². The zero-order chi connectivity index (χ0) is 45.0. The zero-order valence-corrected chi connectivity index (χ0v) is 40.1. The van der Waals surface area contributed by atoms with Gasteiger partial charge in [0.2, 0.25) is 0 Å². The van der Waals surface area contributed by atoms with Crippen molar-refractivity contribution in [2.24, 2.45) is 0 Å². The standard InChI is InChI=1S/2C13H13N.2C8H11N.6C2H6.3CH4/c2*1-14(12-8-4-2-5-9-12)13-10-6-3-7-11-13;2*1-9(2)8-6-4-3-5-7-8;6*1-2;;;/h2*2-11H,1H3;2*3-7H,1-2H3;6*1-2H3;3*1H4. The molecule has 0 radical (unpaired) electrons. The van der Waals surface area contributed by atoms with E-state index in [-0.39, 0.29) is 22.3 Å². The molecule has 0 heterocycles. The van der Waals surface area contributed by atoms with Crippen molar-refractivity contribution in [3.63, 3.8) is 0 Å². The summed E-state index contributed by atoms with van der Waals surface area (Å²) < 4.78 is 0. The lowest BCUT2D eigenvalue weighted by Crippen LogP contribution is -2.08. The van der Waals surface area contributed by atoms with Crippen LogP contribution >= 0.6 is 0 Å². The number of hydrogen-bond donors (Lipinski definition) is 0. The summed E-state index contributed by atoms with van der Waals surface area (Å²) in [6, 6.07) is 61.9. The lowest BCUT2D eigenvalue weighted by atomic mass is 10.2. The summed E-state index contributed by atoms with van der Waals surface area (Å²) in [6.45, 7) is 24.0. The Bertz CT molecular complexity index is 1380. The van der Waals surface area contributed by atoms with E-state index in [1.807, 2.05) is 172 Å². The van der Waals surface area contributed by atoms with Crippen molar-refractivity contribution in [3.8, 4) is 0 Å². The molecule has 0 saturated heterocycles. The maximum absolute atomic E-state index is 2.17. The minimum atomic E-state index is 0. The smallest absolute Gasteiger partial charge is 0.0408 e. The van der Waals surface area contributed by atoms with Crippen LogP contribution in [0.25, 0.3) is 0 Å². The molecule has 61 heavy (non-hydrogen) atoms.